The van der Waals surface area contributed by atoms with E-state index in [-0.39, 0.29) is 18.1 Å². The van der Waals surface area contributed by atoms with Crippen LogP contribution in [0.5, 0.6) is 5.75 Å². The van der Waals surface area contributed by atoms with Gasteiger partial charge < -0.3 is 14.8 Å². The molecule has 2 aromatic rings. The second-order valence-electron chi connectivity index (χ2n) is 7.74. The molecular weight excluding hydrogens is 378 g/mol. The van der Waals surface area contributed by atoms with Gasteiger partial charge >= 0.3 is 0 Å². The number of carbonyl (C=O) groups excluding carboxylic acids is 1. The Balaban J connectivity index is 1.54. The van der Waals surface area contributed by atoms with Gasteiger partial charge in [0.2, 0.25) is 0 Å². The zero-order valence-electron chi connectivity index (χ0n) is 17.6. The number of benzene rings is 2. The van der Waals surface area contributed by atoms with Gasteiger partial charge in [-0.1, -0.05) is 18.2 Å². The maximum absolute atomic E-state index is 12.6. The largest absolute Gasteiger partial charge is 0.493 e. The Morgan fingerprint density at radius 1 is 1.20 bits per heavy atom. The van der Waals surface area contributed by atoms with Crippen LogP contribution in [0.4, 0.5) is 5.69 Å². The normalized spacial score (nSPS) is 19.1. The number of nitrogens with one attached hydrogen (secondary N) is 1. The summed E-state index contributed by atoms with van der Waals surface area (Å²) in [4.78, 5) is 15.0. The van der Waals surface area contributed by atoms with E-state index >= 15 is 0 Å². The Hall–Kier alpha value is -2.88. The number of hydrogen-bond acceptors (Lipinski definition) is 5. The summed E-state index contributed by atoms with van der Waals surface area (Å²) in [5.41, 5.74) is 2.47. The van der Waals surface area contributed by atoms with Gasteiger partial charge in [-0.3, -0.25) is 9.69 Å². The second-order valence-corrected chi connectivity index (χ2v) is 7.74. The SMILES string of the molecule is CC1CN(Cc2ccc(C(=O)Nc3cccc(OCCCC#N)c3)cc2)CC(C)O1. The predicted octanol–water partition coefficient (Wildman–Crippen LogP) is 4.23. The van der Waals surface area contributed by atoms with Crippen LogP contribution in [0.15, 0.2) is 48.5 Å². The van der Waals surface area contributed by atoms with Gasteiger partial charge in [-0.25, -0.2) is 0 Å². The molecule has 30 heavy (non-hydrogen) atoms. The number of nitrogens with zero attached hydrogens (tertiary/aromatic N) is 2. The van der Waals surface area contributed by atoms with Crippen molar-refractivity contribution < 1.29 is 14.3 Å². The number of carbonyl (C=O) groups is 1. The Kier molecular flexibility index (Phi) is 7.83. The minimum atomic E-state index is -0.156. The van der Waals surface area contributed by atoms with E-state index < -0.39 is 0 Å². The summed E-state index contributed by atoms with van der Waals surface area (Å²) in [6.07, 6.45) is 1.63. The molecule has 158 valence electrons. The van der Waals surface area contributed by atoms with Gasteiger partial charge in [0.1, 0.15) is 5.75 Å². The van der Waals surface area contributed by atoms with Crippen molar-refractivity contribution in [2.75, 3.05) is 25.0 Å². The van der Waals surface area contributed by atoms with Gasteiger partial charge in [0.15, 0.2) is 0 Å². The van der Waals surface area contributed by atoms with Crippen molar-refractivity contribution in [3.8, 4) is 11.8 Å². The summed E-state index contributed by atoms with van der Waals surface area (Å²) in [5.74, 6) is 0.520. The summed E-state index contributed by atoms with van der Waals surface area (Å²) in [5, 5.41) is 11.5. The van der Waals surface area contributed by atoms with Gasteiger partial charge in [0, 0.05) is 43.4 Å². The molecule has 0 aliphatic carbocycles. The summed E-state index contributed by atoms with van der Waals surface area (Å²) >= 11 is 0. The fraction of sp³-hybridized carbons (Fsp3) is 0.417. The summed E-state index contributed by atoms with van der Waals surface area (Å²) in [6, 6.07) is 17.1. The van der Waals surface area contributed by atoms with Crippen molar-refractivity contribution in [3.05, 3.63) is 59.7 Å². The van der Waals surface area contributed by atoms with Gasteiger partial charge in [0.25, 0.3) is 5.91 Å². The van der Waals surface area contributed by atoms with Crippen molar-refractivity contribution in [3.63, 3.8) is 0 Å². The lowest BCUT2D eigenvalue weighted by Crippen LogP contribution is -2.44. The van der Waals surface area contributed by atoms with Gasteiger partial charge in [-0.15, -0.1) is 0 Å². The molecule has 1 fully saturated rings. The monoisotopic (exact) mass is 407 g/mol. The Morgan fingerprint density at radius 3 is 2.63 bits per heavy atom. The molecule has 1 aliphatic rings. The highest BCUT2D eigenvalue weighted by molar-refractivity contribution is 6.04. The first-order valence-electron chi connectivity index (χ1n) is 10.4. The summed E-state index contributed by atoms with van der Waals surface area (Å²) in [6.45, 7) is 7.37. The molecule has 2 aromatic carbocycles. The number of rotatable bonds is 8. The van der Waals surface area contributed by atoms with E-state index in [1.165, 1.54) is 5.56 Å². The highest BCUT2D eigenvalue weighted by atomic mass is 16.5. The fourth-order valence-electron chi connectivity index (χ4n) is 3.64. The van der Waals surface area contributed by atoms with E-state index in [0.717, 1.165) is 19.6 Å². The predicted molar refractivity (Wildman–Crippen MR) is 116 cm³/mol. The first kappa shape index (κ1) is 21.8. The maximum Gasteiger partial charge on any atom is 0.255 e. The molecule has 0 radical (unpaired) electrons. The molecular formula is C24H29N3O3. The van der Waals surface area contributed by atoms with Crippen molar-refractivity contribution in [2.24, 2.45) is 0 Å². The van der Waals surface area contributed by atoms with E-state index in [1.807, 2.05) is 42.5 Å². The van der Waals surface area contributed by atoms with Crippen LogP contribution >= 0.6 is 0 Å². The second kappa shape index (κ2) is 10.8. The quantitative estimate of drug-likeness (QED) is 0.663. The smallest absolute Gasteiger partial charge is 0.255 e. The first-order chi connectivity index (χ1) is 14.5. The zero-order chi connectivity index (χ0) is 21.3. The number of ether oxygens (including phenoxy) is 2. The average Bonchev–Trinajstić information content (AvgIpc) is 2.71. The molecule has 0 aromatic heterocycles. The first-order valence-corrected chi connectivity index (χ1v) is 10.4. The van der Waals surface area contributed by atoms with Crippen molar-refractivity contribution in [1.29, 1.82) is 5.26 Å². The van der Waals surface area contributed by atoms with Crippen LogP contribution in [-0.2, 0) is 11.3 Å². The molecule has 1 amide bonds. The number of anilines is 1. The van der Waals surface area contributed by atoms with Crippen LogP contribution in [-0.4, -0.2) is 42.7 Å². The number of hydrogen-bond donors (Lipinski definition) is 1. The van der Waals surface area contributed by atoms with Crippen LogP contribution in [0.3, 0.4) is 0 Å². The topological polar surface area (TPSA) is 74.6 Å². The number of unbranched alkanes of at least 4 members (excludes halogenated alkanes) is 1. The van der Waals surface area contributed by atoms with Crippen LogP contribution in [0.2, 0.25) is 0 Å². The minimum absolute atomic E-state index is 0.156. The van der Waals surface area contributed by atoms with Crippen LogP contribution in [0, 0.1) is 11.3 Å². The third-order valence-electron chi connectivity index (χ3n) is 4.91. The molecule has 2 unspecified atom stereocenters. The molecule has 1 N–H and O–H groups in total. The molecule has 2 atom stereocenters. The number of nitriles is 1. The van der Waals surface area contributed by atoms with Gasteiger partial charge in [-0.2, -0.15) is 5.26 Å². The van der Waals surface area contributed by atoms with Crippen molar-refractivity contribution in [2.45, 2.75) is 45.4 Å². The van der Waals surface area contributed by atoms with Crippen LogP contribution in [0.25, 0.3) is 0 Å². The molecule has 1 aliphatic heterocycles. The average molecular weight is 408 g/mol. The van der Waals surface area contributed by atoms with Crippen molar-refractivity contribution in [1.82, 2.24) is 4.90 Å². The van der Waals surface area contributed by atoms with E-state index in [9.17, 15) is 4.79 Å². The summed E-state index contributed by atoms with van der Waals surface area (Å²) in [7, 11) is 0. The molecule has 0 bridgehead atoms. The van der Waals surface area contributed by atoms with E-state index in [2.05, 4.69) is 30.1 Å². The zero-order valence-corrected chi connectivity index (χ0v) is 17.6. The third-order valence-corrected chi connectivity index (χ3v) is 4.91. The van der Waals surface area contributed by atoms with Gasteiger partial charge in [-0.05, 0) is 50.1 Å². The van der Waals surface area contributed by atoms with Crippen LogP contribution < -0.4 is 10.1 Å². The molecule has 0 saturated carbocycles. The van der Waals surface area contributed by atoms with Crippen molar-refractivity contribution >= 4 is 11.6 Å². The molecule has 1 saturated heterocycles. The molecule has 0 spiro atoms. The fourth-order valence-corrected chi connectivity index (χ4v) is 3.64. The lowest BCUT2D eigenvalue weighted by atomic mass is 10.1. The van der Waals surface area contributed by atoms with Gasteiger partial charge in [0.05, 0.1) is 24.9 Å². The lowest BCUT2D eigenvalue weighted by molar-refractivity contribution is -0.0704. The Labute approximate surface area is 178 Å². The maximum atomic E-state index is 12.6. The summed E-state index contributed by atoms with van der Waals surface area (Å²) < 4.78 is 11.4. The highest BCUT2D eigenvalue weighted by Crippen LogP contribution is 2.19. The molecule has 3 rings (SSSR count). The standard InChI is InChI=1S/C24H29N3O3/c1-18-15-27(16-19(2)30-18)17-20-8-10-21(11-9-20)24(28)26-22-6-5-7-23(14-22)29-13-4-3-12-25/h5-11,14,18-19H,3-4,13,15-17H2,1-2H3,(H,26,28). The molecule has 6 nitrogen and oxygen atoms in total. The van der Waals surface area contributed by atoms with E-state index in [1.54, 1.807) is 6.07 Å². The Bertz CT molecular complexity index is 866. The molecule has 1 heterocycles. The van der Waals surface area contributed by atoms with E-state index in [4.69, 9.17) is 14.7 Å². The number of amides is 1. The Morgan fingerprint density at radius 2 is 1.93 bits per heavy atom. The van der Waals surface area contributed by atoms with Crippen LogP contribution in [0.1, 0.15) is 42.6 Å². The molecule has 6 heteroatoms. The number of morpholine rings is 1. The lowest BCUT2D eigenvalue weighted by Gasteiger charge is -2.35. The highest BCUT2D eigenvalue weighted by Gasteiger charge is 2.22. The third kappa shape index (κ3) is 6.58. The minimum Gasteiger partial charge on any atom is -0.493 e. The van der Waals surface area contributed by atoms with E-state index in [0.29, 0.717) is 36.4 Å².